The molecule has 5 rings (SSSR count). The molecule has 0 unspecified atom stereocenters. The molecule has 0 saturated carbocycles. The summed E-state index contributed by atoms with van der Waals surface area (Å²) >= 11 is 0. The van der Waals surface area contributed by atoms with Gasteiger partial charge in [-0.1, -0.05) is 0 Å². The molecular formula is C25H28N8O. The molecule has 0 bridgehead atoms. The maximum atomic E-state index is 13.0. The van der Waals surface area contributed by atoms with Gasteiger partial charge in [0.25, 0.3) is 5.91 Å². The topological polar surface area (TPSA) is 92.1 Å². The summed E-state index contributed by atoms with van der Waals surface area (Å²) in [4.78, 5) is 30.9. The zero-order chi connectivity index (χ0) is 23.7. The molecular weight excluding hydrogens is 428 g/mol. The molecule has 0 radical (unpaired) electrons. The second-order valence-corrected chi connectivity index (χ2v) is 8.89. The Balaban J connectivity index is 1.33. The Bertz CT molecular complexity index is 1330. The highest BCUT2D eigenvalue weighted by Crippen LogP contribution is 2.24. The number of nitrogens with one attached hydrogen (secondary N) is 1. The van der Waals surface area contributed by atoms with Gasteiger partial charge in [-0.3, -0.25) is 14.5 Å². The van der Waals surface area contributed by atoms with Gasteiger partial charge in [-0.2, -0.15) is 5.10 Å². The molecule has 0 aromatic carbocycles. The minimum absolute atomic E-state index is 0.219. The van der Waals surface area contributed by atoms with Gasteiger partial charge in [0.15, 0.2) is 0 Å². The van der Waals surface area contributed by atoms with Crippen LogP contribution in [0.15, 0.2) is 55.2 Å². The first-order chi connectivity index (χ1) is 16.5. The van der Waals surface area contributed by atoms with E-state index in [4.69, 9.17) is 0 Å². The molecule has 1 N–H and O–H groups in total. The average molecular weight is 457 g/mol. The Morgan fingerprint density at radius 2 is 1.85 bits per heavy atom. The fourth-order valence-electron chi connectivity index (χ4n) is 4.34. The summed E-state index contributed by atoms with van der Waals surface area (Å²) in [5.41, 5.74) is 3.25. The van der Waals surface area contributed by atoms with Gasteiger partial charge in [0.1, 0.15) is 11.6 Å². The summed E-state index contributed by atoms with van der Waals surface area (Å²) in [5, 5.41) is 8.04. The number of carbonyl (C=O) groups is 1. The number of likely N-dealkylation sites (tertiary alicyclic amines) is 1. The first kappa shape index (κ1) is 22.0. The predicted molar refractivity (Wildman–Crippen MR) is 133 cm³/mol. The number of carbonyl (C=O) groups excluding carboxylic acids is 1. The van der Waals surface area contributed by atoms with Crippen LogP contribution >= 0.6 is 0 Å². The fourth-order valence-corrected chi connectivity index (χ4v) is 4.34. The summed E-state index contributed by atoms with van der Waals surface area (Å²) in [5.74, 6) is 1.06. The number of nitrogens with zero attached hydrogens (tertiary/aromatic N) is 7. The Hall–Kier alpha value is -3.85. The molecule has 1 amide bonds. The van der Waals surface area contributed by atoms with Crippen LogP contribution in [0.3, 0.4) is 0 Å². The van der Waals surface area contributed by atoms with Gasteiger partial charge in [0.2, 0.25) is 0 Å². The first-order valence-corrected chi connectivity index (χ1v) is 11.4. The average Bonchev–Trinajstić information content (AvgIpc) is 3.30. The van der Waals surface area contributed by atoms with Crippen LogP contribution in [0.5, 0.6) is 0 Å². The van der Waals surface area contributed by atoms with Crippen LogP contribution in [-0.2, 0) is 7.05 Å². The van der Waals surface area contributed by atoms with Crippen LogP contribution in [0.2, 0.25) is 0 Å². The number of piperidine rings is 1. The van der Waals surface area contributed by atoms with Crippen LogP contribution in [0, 0.1) is 0 Å². The number of aromatic nitrogens is 5. The molecule has 1 fully saturated rings. The molecule has 174 valence electrons. The minimum Gasteiger partial charge on any atom is -0.357 e. The zero-order valence-corrected chi connectivity index (χ0v) is 19.6. The molecule has 9 heteroatoms. The maximum absolute atomic E-state index is 13.0. The van der Waals surface area contributed by atoms with Crippen molar-refractivity contribution in [1.29, 1.82) is 0 Å². The van der Waals surface area contributed by atoms with Crippen molar-refractivity contribution in [3.8, 4) is 11.1 Å². The molecule has 0 atom stereocenters. The Morgan fingerprint density at radius 1 is 1.03 bits per heavy atom. The fraction of sp³-hybridized carbons (Fsp3) is 0.320. The summed E-state index contributed by atoms with van der Waals surface area (Å²) in [7, 11) is 6.08. The van der Waals surface area contributed by atoms with E-state index in [2.05, 4.69) is 49.3 Å². The number of pyridine rings is 3. The van der Waals surface area contributed by atoms with Gasteiger partial charge in [-0.05, 0) is 57.2 Å². The van der Waals surface area contributed by atoms with Crippen LogP contribution < -0.4 is 10.2 Å². The number of hydrogen-bond acceptors (Lipinski definition) is 7. The van der Waals surface area contributed by atoms with Crippen LogP contribution in [0.4, 0.5) is 11.6 Å². The van der Waals surface area contributed by atoms with E-state index >= 15 is 0 Å². The van der Waals surface area contributed by atoms with Crippen LogP contribution in [-0.4, -0.2) is 68.8 Å². The van der Waals surface area contributed by atoms with Crippen molar-refractivity contribution >= 4 is 28.4 Å². The van der Waals surface area contributed by atoms with Gasteiger partial charge in [-0.25, -0.2) is 9.97 Å². The number of amides is 1. The van der Waals surface area contributed by atoms with Crippen molar-refractivity contribution in [2.75, 3.05) is 37.4 Å². The number of aryl methyl sites for hydroxylation is 1. The first-order valence-electron chi connectivity index (χ1n) is 11.4. The van der Waals surface area contributed by atoms with Gasteiger partial charge >= 0.3 is 0 Å². The van der Waals surface area contributed by atoms with Crippen LogP contribution in [0.25, 0.3) is 22.0 Å². The van der Waals surface area contributed by atoms with Crippen molar-refractivity contribution in [1.82, 2.24) is 29.6 Å². The summed E-state index contributed by atoms with van der Waals surface area (Å²) < 4.78 is 1.75. The van der Waals surface area contributed by atoms with E-state index in [-0.39, 0.29) is 5.91 Å². The van der Waals surface area contributed by atoms with E-state index in [0.29, 0.717) is 17.4 Å². The quantitative estimate of drug-likeness (QED) is 0.493. The smallest absolute Gasteiger partial charge is 0.257 e. The minimum atomic E-state index is -0.219. The molecule has 4 aromatic rings. The summed E-state index contributed by atoms with van der Waals surface area (Å²) in [6.07, 6.45) is 11.1. The monoisotopic (exact) mass is 456 g/mol. The highest BCUT2D eigenvalue weighted by Gasteiger charge is 2.22. The van der Waals surface area contributed by atoms with Gasteiger partial charge in [0, 0.05) is 60.8 Å². The van der Waals surface area contributed by atoms with E-state index in [1.165, 1.54) is 0 Å². The Morgan fingerprint density at radius 3 is 2.62 bits per heavy atom. The van der Waals surface area contributed by atoms with E-state index in [1.807, 2.05) is 31.4 Å². The molecule has 1 saturated heterocycles. The van der Waals surface area contributed by atoms with E-state index in [0.717, 1.165) is 53.8 Å². The zero-order valence-electron chi connectivity index (χ0n) is 19.6. The van der Waals surface area contributed by atoms with Crippen molar-refractivity contribution < 1.29 is 4.79 Å². The van der Waals surface area contributed by atoms with E-state index < -0.39 is 0 Å². The molecule has 1 aliphatic rings. The van der Waals surface area contributed by atoms with Crippen molar-refractivity contribution in [2.24, 2.45) is 7.05 Å². The summed E-state index contributed by atoms with van der Waals surface area (Å²) in [6.45, 7) is 2.14. The third kappa shape index (κ3) is 4.60. The lowest BCUT2D eigenvalue weighted by molar-refractivity contribution is 0.102. The molecule has 9 nitrogen and oxygen atoms in total. The molecule has 34 heavy (non-hydrogen) atoms. The lowest BCUT2D eigenvalue weighted by Crippen LogP contribution is -2.42. The molecule has 4 aromatic heterocycles. The molecule has 5 heterocycles. The maximum Gasteiger partial charge on any atom is 0.257 e. The standard InChI is InChI=1S/C25H28N8O/c1-31-8-5-21(6-9-31)33(3)24-12-17(4-7-26-24)25(34)30-23-11-18-10-19(13-27-22(18)15-28-23)20-14-29-32(2)16-20/h4,7,10-16,21H,5-6,8-9H2,1-3H3,(H,28,30,34). The second kappa shape index (κ2) is 9.18. The number of rotatable bonds is 5. The second-order valence-electron chi connectivity index (χ2n) is 8.89. The number of fused-ring (bicyclic) bond motifs is 1. The van der Waals surface area contributed by atoms with Gasteiger partial charge < -0.3 is 15.1 Å². The summed E-state index contributed by atoms with van der Waals surface area (Å²) in [6, 6.07) is 7.86. The van der Waals surface area contributed by atoms with Gasteiger partial charge in [0.05, 0.1) is 17.9 Å². The molecule has 0 spiro atoms. The largest absolute Gasteiger partial charge is 0.357 e. The Labute approximate surface area is 198 Å². The SMILES string of the molecule is CN1CCC(N(C)c2cc(C(=O)Nc3cc4cc(-c5cnn(C)c5)cnc4cn3)ccn2)CC1. The molecule has 0 aliphatic carbocycles. The van der Waals surface area contributed by atoms with Crippen LogP contribution in [0.1, 0.15) is 23.2 Å². The lowest BCUT2D eigenvalue weighted by Gasteiger charge is -2.35. The normalized spacial score (nSPS) is 14.9. The van der Waals surface area contributed by atoms with Crippen molar-refractivity contribution in [3.05, 3.63) is 60.8 Å². The Kier molecular flexibility index (Phi) is 5.93. The molecule has 1 aliphatic heterocycles. The van der Waals surface area contributed by atoms with Crippen molar-refractivity contribution in [2.45, 2.75) is 18.9 Å². The highest BCUT2D eigenvalue weighted by molar-refractivity contribution is 6.04. The highest BCUT2D eigenvalue weighted by atomic mass is 16.1. The predicted octanol–water partition coefficient (Wildman–Crippen LogP) is 3.21. The van der Waals surface area contributed by atoms with Gasteiger partial charge in [-0.15, -0.1) is 0 Å². The third-order valence-electron chi connectivity index (χ3n) is 6.45. The van der Waals surface area contributed by atoms with Crippen molar-refractivity contribution in [3.63, 3.8) is 0 Å². The lowest BCUT2D eigenvalue weighted by atomic mass is 10.0. The van der Waals surface area contributed by atoms with E-state index in [9.17, 15) is 4.79 Å². The number of hydrogen-bond donors (Lipinski definition) is 1. The van der Waals surface area contributed by atoms with E-state index in [1.54, 1.807) is 35.5 Å². The third-order valence-corrected chi connectivity index (χ3v) is 6.45. The number of anilines is 2.